The number of nitrogens with zero attached hydrogens (tertiary/aromatic N) is 2. The lowest BCUT2D eigenvalue weighted by Gasteiger charge is -2.35. The van der Waals surface area contributed by atoms with Crippen molar-refractivity contribution < 1.29 is 17.9 Å². The average molecular weight is 354 g/mol. The summed E-state index contributed by atoms with van der Waals surface area (Å²) >= 11 is 0. The van der Waals surface area contributed by atoms with Crippen LogP contribution in [-0.2, 0) is 20.5 Å². The van der Waals surface area contributed by atoms with Crippen LogP contribution in [0.1, 0.15) is 31.9 Å². The molecule has 0 aromatic heterocycles. The summed E-state index contributed by atoms with van der Waals surface area (Å²) in [7, 11) is -3.39. The van der Waals surface area contributed by atoms with Crippen molar-refractivity contribution in [2.24, 2.45) is 0 Å². The van der Waals surface area contributed by atoms with Gasteiger partial charge in [-0.15, -0.1) is 0 Å². The number of carbonyl (C=O) groups is 1. The highest BCUT2D eigenvalue weighted by molar-refractivity contribution is 7.88. The summed E-state index contributed by atoms with van der Waals surface area (Å²) in [6, 6.07) is 7.48. The Morgan fingerprint density at radius 1 is 1.12 bits per heavy atom. The number of benzene rings is 1. The molecule has 6 nitrogen and oxygen atoms in total. The monoisotopic (exact) mass is 354 g/mol. The molecule has 0 N–H and O–H groups in total. The van der Waals surface area contributed by atoms with Crippen molar-refractivity contribution >= 4 is 16.1 Å². The van der Waals surface area contributed by atoms with Gasteiger partial charge in [-0.2, -0.15) is 4.31 Å². The lowest BCUT2D eigenvalue weighted by Crippen LogP contribution is -2.51. The first-order chi connectivity index (χ1) is 11.1. The Balaban J connectivity index is 1.96. The normalized spacial score (nSPS) is 16.9. The molecule has 1 fully saturated rings. The molecule has 0 atom stereocenters. The lowest BCUT2D eigenvalue weighted by atomic mass is 10.1. The van der Waals surface area contributed by atoms with E-state index in [1.54, 1.807) is 4.90 Å². The molecule has 24 heavy (non-hydrogen) atoms. The van der Waals surface area contributed by atoms with Crippen LogP contribution in [0.25, 0.3) is 0 Å². The second-order valence-corrected chi connectivity index (χ2v) is 9.02. The minimum Gasteiger partial charge on any atom is -0.444 e. The standard InChI is InChI=1S/C17H26N2O4S/c1-14-7-5-6-8-15(14)13-24(21,22)19-11-9-18(10-12-19)16(20)23-17(2,3)4/h5-8H,9-13H2,1-4H3. The van der Waals surface area contributed by atoms with Gasteiger partial charge in [0.15, 0.2) is 0 Å². The molecule has 134 valence electrons. The lowest BCUT2D eigenvalue weighted by molar-refractivity contribution is 0.0192. The van der Waals surface area contributed by atoms with Gasteiger partial charge < -0.3 is 9.64 Å². The SMILES string of the molecule is Cc1ccccc1CS(=O)(=O)N1CCN(C(=O)OC(C)(C)C)CC1. The van der Waals surface area contributed by atoms with E-state index in [-0.39, 0.29) is 5.75 Å². The Kier molecular flexibility index (Phi) is 5.55. The molecule has 7 heteroatoms. The number of carbonyl (C=O) groups excluding carboxylic acids is 1. The highest BCUT2D eigenvalue weighted by Gasteiger charge is 2.31. The topological polar surface area (TPSA) is 66.9 Å². The molecule has 0 saturated carbocycles. The zero-order chi connectivity index (χ0) is 18.0. The Morgan fingerprint density at radius 2 is 1.71 bits per heavy atom. The maximum Gasteiger partial charge on any atom is 0.410 e. The summed E-state index contributed by atoms with van der Waals surface area (Å²) in [5, 5.41) is 0. The van der Waals surface area contributed by atoms with Crippen molar-refractivity contribution in [1.82, 2.24) is 9.21 Å². The van der Waals surface area contributed by atoms with E-state index in [1.807, 2.05) is 52.0 Å². The second-order valence-electron chi connectivity index (χ2n) is 7.05. The third-order valence-corrected chi connectivity index (χ3v) is 5.71. The van der Waals surface area contributed by atoms with E-state index in [2.05, 4.69) is 0 Å². The molecule has 1 aliphatic heterocycles. The Hall–Kier alpha value is -1.60. The van der Waals surface area contributed by atoms with Crippen LogP contribution in [0.3, 0.4) is 0 Å². The van der Waals surface area contributed by atoms with Gasteiger partial charge >= 0.3 is 6.09 Å². The van der Waals surface area contributed by atoms with Gasteiger partial charge in [0, 0.05) is 26.2 Å². The quantitative estimate of drug-likeness (QED) is 0.836. The average Bonchev–Trinajstić information content (AvgIpc) is 2.48. The maximum atomic E-state index is 12.6. The van der Waals surface area contributed by atoms with Crippen molar-refractivity contribution in [3.05, 3.63) is 35.4 Å². The van der Waals surface area contributed by atoms with E-state index < -0.39 is 21.7 Å². The fraction of sp³-hybridized carbons (Fsp3) is 0.588. The predicted octanol–water partition coefficient (Wildman–Crippen LogP) is 2.38. The highest BCUT2D eigenvalue weighted by Crippen LogP contribution is 2.17. The number of hydrogen-bond acceptors (Lipinski definition) is 4. The molecular weight excluding hydrogens is 328 g/mol. The van der Waals surface area contributed by atoms with Gasteiger partial charge in [-0.25, -0.2) is 13.2 Å². The molecule has 0 unspecified atom stereocenters. The minimum absolute atomic E-state index is 0.00783. The van der Waals surface area contributed by atoms with Crippen LogP contribution in [-0.4, -0.2) is 55.5 Å². The molecule has 0 aliphatic carbocycles. The largest absolute Gasteiger partial charge is 0.444 e. The zero-order valence-corrected chi connectivity index (χ0v) is 15.6. The number of ether oxygens (including phenoxy) is 1. The number of amides is 1. The molecule has 1 amide bonds. The minimum atomic E-state index is -3.39. The first-order valence-corrected chi connectivity index (χ1v) is 9.70. The molecule has 1 heterocycles. The number of aryl methyl sites for hydroxylation is 1. The summed E-state index contributed by atoms with van der Waals surface area (Å²) in [6.07, 6.45) is -0.390. The summed E-state index contributed by atoms with van der Waals surface area (Å²) in [5.41, 5.74) is 1.23. The maximum absolute atomic E-state index is 12.6. The number of rotatable bonds is 3. The van der Waals surface area contributed by atoms with Crippen LogP contribution < -0.4 is 0 Å². The Bertz CT molecular complexity index is 687. The van der Waals surface area contributed by atoms with Gasteiger partial charge in [0.2, 0.25) is 10.0 Å². The van der Waals surface area contributed by atoms with Crippen molar-refractivity contribution in [2.45, 2.75) is 39.0 Å². The van der Waals surface area contributed by atoms with Crippen LogP contribution >= 0.6 is 0 Å². The van der Waals surface area contributed by atoms with Crippen LogP contribution in [0.5, 0.6) is 0 Å². The van der Waals surface area contributed by atoms with E-state index in [0.29, 0.717) is 26.2 Å². The fourth-order valence-corrected chi connectivity index (χ4v) is 4.15. The molecular formula is C17H26N2O4S. The van der Waals surface area contributed by atoms with Gasteiger partial charge in [-0.05, 0) is 38.8 Å². The van der Waals surface area contributed by atoms with E-state index in [9.17, 15) is 13.2 Å². The van der Waals surface area contributed by atoms with E-state index in [0.717, 1.165) is 11.1 Å². The fourth-order valence-electron chi connectivity index (χ4n) is 2.54. The molecule has 0 spiro atoms. The first kappa shape index (κ1) is 18.7. The molecule has 1 saturated heterocycles. The Labute approximate surface area is 144 Å². The summed E-state index contributed by atoms with van der Waals surface area (Å²) in [5.74, 6) is -0.00783. The van der Waals surface area contributed by atoms with Crippen LogP contribution in [0.4, 0.5) is 4.79 Å². The molecule has 0 bridgehead atoms. The van der Waals surface area contributed by atoms with Gasteiger partial charge in [0.05, 0.1) is 5.75 Å². The van der Waals surface area contributed by atoms with E-state index in [1.165, 1.54) is 4.31 Å². The van der Waals surface area contributed by atoms with Crippen molar-refractivity contribution in [2.75, 3.05) is 26.2 Å². The molecule has 2 rings (SSSR count). The summed E-state index contributed by atoms with van der Waals surface area (Å²) in [6.45, 7) is 8.64. The zero-order valence-electron chi connectivity index (χ0n) is 14.8. The van der Waals surface area contributed by atoms with Crippen LogP contribution in [0, 0.1) is 6.92 Å². The van der Waals surface area contributed by atoms with Gasteiger partial charge in [-0.3, -0.25) is 0 Å². The number of hydrogen-bond donors (Lipinski definition) is 0. The first-order valence-electron chi connectivity index (χ1n) is 8.09. The highest BCUT2D eigenvalue weighted by atomic mass is 32.2. The van der Waals surface area contributed by atoms with Crippen molar-refractivity contribution in [3.8, 4) is 0 Å². The number of sulfonamides is 1. The third-order valence-electron chi connectivity index (χ3n) is 3.88. The third kappa shape index (κ3) is 4.95. The predicted molar refractivity (Wildman–Crippen MR) is 93.2 cm³/mol. The van der Waals surface area contributed by atoms with Gasteiger partial charge in [-0.1, -0.05) is 24.3 Å². The smallest absolute Gasteiger partial charge is 0.410 e. The molecule has 1 aliphatic rings. The second kappa shape index (κ2) is 7.11. The van der Waals surface area contributed by atoms with E-state index in [4.69, 9.17) is 4.74 Å². The van der Waals surface area contributed by atoms with E-state index >= 15 is 0 Å². The van der Waals surface area contributed by atoms with Gasteiger partial charge in [0.25, 0.3) is 0 Å². The molecule has 0 radical (unpaired) electrons. The van der Waals surface area contributed by atoms with Crippen molar-refractivity contribution in [3.63, 3.8) is 0 Å². The molecule has 1 aromatic rings. The molecule has 1 aromatic carbocycles. The number of piperazine rings is 1. The Morgan fingerprint density at radius 3 is 2.25 bits per heavy atom. The van der Waals surface area contributed by atoms with Crippen LogP contribution in [0.15, 0.2) is 24.3 Å². The van der Waals surface area contributed by atoms with Crippen molar-refractivity contribution in [1.29, 1.82) is 0 Å². The summed E-state index contributed by atoms with van der Waals surface area (Å²) in [4.78, 5) is 13.6. The summed E-state index contributed by atoms with van der Waals surface area (Å²) < 4.78 is 32.0. The van der Waals surface area contributed by atoms with Gasteiger partial charge in [0.1, 0.15) is 5.60 Å². The van der Waals surface area contributed by atoms with Crippen LogP contribution in [0.2, 0.25) is 0 Å².